The van der Waals surface area contributed by atoms with Gasteiger partial charge in [-0.2, -0.15) is 0 Å². The van der Waals surface area contributed by atoms with Gasteiger partial charge in [0.15, 0.2) is 0 Å². The lowest BCUT2D eigenvalue weighted by atomic mass is 9.92. The van der Waals surface area contributed by atoms with Crippen molar-refractivity contribution in [3.63, 3.8) is 0 Å². The molecule has 3 nitrogen and oxygen atoms in total. The Bertz CT molecular complexity index is 525. The number of benzene rings is 1. The van der Waals surface area contributed by atoms with Crippen LogP contribution in [-0.2, 0) is 11.3 Å². The molecule has 1 aliphatic rings. The van der Waals surface area contributed by atoms with E-state index in [1.807, 2.05) is 13.8 Å². The van der Waals surface area contributed by atoms with Gasteiger partial charge in [-0.05, 0) is 31.7 Å². The van der Waals surface area contributed by atoms with E-state index in [1.165, 1.54) is 12.1 Å². The van der Waals surface area contributed by atoms with Crippen molar-refractivity contribution < 1.29 is 13.6 Å². The average molecular weight is 296 g/mol. The monoisotopic (exact) mass is 296 g/mol. The van der Waals surface area contributed by atoms with Gasteiger partial charge < -0.3 is 10.6 Å². The number of nitrogens with zero attached hydrogens (tertiary/aromatic N) is 1. The Kier molecular flexibility index (Phi) is 4.61. The van der Waals surface area contributed by atoms with Gasteiger partial charge in [0.1, 0.15) is 11.6 Å². The second-order valence-corrected chi connectivity index (χ2v) is 5.76. The molecule has 1 aliphatic carbocycles. The van der Waals surface area contributed by atoms with E-state index in [1.54, 1.807) is 4.90 Å². The molecule has 0 unspecified atom stereocenters. The summed E-state index contributed by atoms with van der Waals surface area (Å²) in [6.07, 6.45) is 2.91. The Labute approximate surface area is 124 Å². The molecule has 2 rings (SSSR count). The van der Waals surface area contributed by atoms with E-state index in [9.17, 15) is 13.6 Å². The van der Waals surface area contributed by atoms with E-state index in [0.29, 0.717) is 18.4 Å². The zero-order chi connectivity index (χ0) is 15.6. The largest absolute Gasteiger partial charge is 0.334 e. The Balaban J connectivity index is 2.22. The summed E-state index contributed by atoms with van der Waals surface area (Å²) in [4.78, 5) is 14.4. The number of hydrogen-bond donors (Lipinski definition) is 1. The fourth-order valence-corrected chi connectivity index (χ4v) is 2.42. The zero-order valence-corrected chi connectivity index (χ0v) is 12.5. The molecule has 0 aliphatic heterocycles. The van der Waals surface area contributed by atoms with Crippen LogP contribution in [-0.4, -0.2) is 22.4 Å². The first kappa shape index (κ1) is 15.9. The molecule has 21 heavy (non-hydrogen) atoms. The van der Waals surface area contributed by atoms with Crippen molar-refractivity contribution >= 4 is 5.91 Å². The molecule has 0 atom stereocenters. The summed E-state index contributed by atoms with van der Waals surface area (Å²) in [5.74, 6) is -1.38. The molecule has 0 aromatic heterocycles. The molecule has 2 N–H and O–H groups in total. The maximum absolute atomic E-state index is 13.8. The summed E-state index contributed by atoms with van der Waals surface area (Å²) in [7, 11) is 0. The van der Waals surface area contributed by atoms with Gasteiger partial charge in [-0.1, -0.05) is 19.9 Å². The lowest BCUT2D eigenvalue weighted by Gasteiger charge is -2.33. The molecular weight excluding hydrogens is 274 g/mol. The van der Waals surface area contributed by atoms with Crippen LogP contribution >= 0.6 is 0 Å². The van der Waals surface area contributed by atoms with Gasteiger partial charge in [0.2, 0.25) is 5.91 Å². The van der Waals surface area contributed by atoms with Crippen molar-refractivity contribution in [3.8, 4) is 0 Å². The van der Waals surface area contributed by atoms with Crippen molar-refractivity contribution in [2.45, 2.75) is 57.7 Å². The SMILES string of the molecule is CCC(N)(CC)C(=O)N(Cc1ccc(F)cc1F)C1CC1. The van der Waals surface area contributed by atoms with Gasteiger partial charge >= 0.3 is 0 Å². The number of hydrogen-bond acceptors (Lipinski definition) is 2. The molecular formula is C16H22F2N2O. The molecule has 1 fully saturated rings. The van der Waals surface area contributed by atoms with Crippen molar-refractivity contribution in [1.29, 1.82) is 0 Å². The maximum Gasteiger partial charge on any atom is 0.243 e. The summed E-state index contributed by atoms with van der Waals surface area (Å²) in [5.41, 5.74) is 5.60. The molecule has 1 saturated carbocycles. The van der Waals surface area contributed by atoms with Crippen molar-refractivity contribution in [3.05, 3.63) is 35.4 Å². The van der Waals surface area contributed by atoms with E-state index >= 15 is 0 Å². The molecule has 1 amide bonds. The molecule has 1 aromatic rings. The Morgan fingerprint density at radius 2 is 1.95 bits per heavy atom. The van der Waals surface area contributed by atoms with Crippen LogP contribution in [0.3, 0.4) is 0 Å². The van der Waals surface area contributed by atoms with Crippen molar-refractivity contribution in [2.75, 3.05) is 0 Å². The first-order valence-electron chi connectivity index (χ1n) is 7.45. The summed E-state index contributed by atoms with van der Waals surface area (Å²) in [6.45, 7) is 3.91. The second kappa shape index (κ2) is 6.10. The van der Waals surface area contributed by atoms with Gasteiger partial charge in [0.25, 0.3) is 0 Å². The quantitative estimate of drug-likeness (QED) is 0.877. The number of amides is 1. The number of carbonyl (C=O) groups excluding carboxylic acids is 1. The number of halogens is 2. The Morgan fingerprint density at radius 3 is 2.43 bits per heavy atom. The Morgan fingerprint density at radius 1 is 1.33 bits per heavy atom. The highest BCUT2D eigenvalue weighted by Gasteiger charge is 2.40. The minimum absolute atomic E-state index is 0.128. The van der Waals surface area contributed by atoms with Crippen LogP contribution in [0.25, 0.3) is 0 Å². The highest BCUT2D eigenvalue weighted by atomic mass is 19.1. The summed E-state index contributed by atoms with van der Waals surface area (Å²) in [6, 6.07) is 3.58. The van der Waals surface area contributed by atoms with Crippen LogP contribution in [0.4, 0.5) is 8.78 Å². The Hall–Kier alpha value is -1.49. The van der Waals surface area contributed by atoms with Crippen LogP contribution in [0, 0.1) is 11.6 Å². The summed E-state index contributed by atoms with van der Waals surface area (Å²) in [5, 5.41) is 0. The molecule has 0 heterocycles. The van der Waals surface area contributed by atoms with E-state index < -0.39 is 17.2 Å². The third kappa shape index (κ3) is 3.40. The van der Waals surface area contributed by atoms with Crippen LogP contribution in [0.5, 0.6) is 0 Å². The predicted molar refractivity (Wildman–Crippen MR) is 77.4 cm³/mol. The molecule has 5 heteroatoms. The predicted octanol–water partition coefficient (Wildman–Crippen LogP) is 2.97. The van der Waals surface area contributed by atoms with E-state index in [4.69, 9.17) is 5.73 Å². The number of nitrogens with two attached hydrogens (primary N) is 1. The molecule has 0 radical (unpaired) electrons. The topological polar surface area (TPSA) is 46.3 Å². The molecule has 0 bridgehead atoms. The highest BCUT2D eigenvalue weighted by Crippen LogP contribution is 2.31. The van der Waals surface area contributed by atoms with Gasteiger partial charge in [0.05, 0.1) is 5.54 Å². The number of rotatable bonds is 6. The lowest BCUT2D eigenvalue weighted by Crippen LogP contribution is -2.55. The third-order valence-corrected chi connectivity index (χ3v) is 4.29. The van der Waals surface area contributed by atoms with Gasteiger partial charge in [-0.15, -0.1) is 0 Å². The van der Waals surface area contributed by atoms with Crippen LogP contribution in [0.1, 0.15) is 45.1 Å². The molecule has 116 valence electrons. The summed E-state index contributed by atoms with van der Waals surface area (Å²) >= 11 is 0. The van der Waals surface area contributed by atoms with Crippen LogP contribution < -0.4 is 5.73 Å². The fourth-order valence-electron chi connectivity index (χ4n) is 2.42. The van der Waals surface area contributed by atoms with E-state index in [2.05, 4.69) is 0 Å². The molecule has 1 aromatic carbocycles. The smallest absolute Gasteiger partial charge is 0.243 e. The van der Waals surface area contributed by atoms with Crippen LogP contribution in [0.15, 0.2) is 18.2 Å². The number of carbonyl (C=O) groups is 1. The van der Waals surface area contributed by atoms with Gasteiger partial charge in [-0.3, -0.25) is 4.79 Å². The first-order valence-corrected chi connectivity index (χ1v) is 7.45. The first-order chi connectivity index (χ1) is 9.91. The van der Waals surface area contributed by atoms with Gasteiger partial charge in [0, 0.05) is 24.2 Å². The minimum Gasteiger partial charge on any atom is -0.334 e. The standard InChI is InChI=1S/C16H22F2N2O/c1-3-16(19,4-2)15(21)20(13-7-8-13)10-11-5-6-12(17)9-14(11)18/h5-6,9,13H,3-4,7-8,10,19H2,1-2H3. The van der Waals surface area contributed by atoms with Crippen LogP contribution in [0.2, 0.25) is 0 Å². The van der Waals surface area contributed by atoms with Crippen molar-refractivity contribution in [2.24, 2.45) is 5.73 Å². The molecule has 0 saturated heterocycles. The maximum atomic E-state index is 13.8. The normalized spacial score (nSPS) is 15.1. The third-order valence-electron chi connectivity index (χ3n) is 4.29. The summed E-state index contributed by atoms with van der Waals surface area (Å²) < 4.78 is 26.8. The second-order valence-electron chi connectivity index (χ2n) is 5.76. The van der Waals surface area contributed by atoms with E-state index in [-0.39, 0.29) is 18.5 Å². The van der Waals surface area contributed by atoms with Gasteiger partial charge in [-0.25, -0.2) is 8.78 Å². The lowest BCUT2D eigenvalue weighted by molar-refractivity contribution is -0.138. The fraction of sp³-hybridized carbons (Fsp3) is 0.562. The highest BCUT2D eigenvalue weighted by molar-refractivity contribution is 5.86. The minimum atomic E-state index is -0.904. The molecule has 0 spiro atoms. The average Bonchev–Trinajstić information content (AvgIpc) is 3.29. The zero-order valence-electron chi connectivity index (χ0n) is 12.5. The van der Waals surface area contributed by atoms with E-state index in [0.717, 1.165) is 18.9 Å². The van der Waals surface area contributed by atoms with Crippen molar-refractivity contribution in [1.82, 2.24) is 4.90 Å².